The summed E-state index contributed by atoms with van der Waals surface area (Å²) in [5.41, 5.74) is 2.93. The van der Waals surface area contributed by atoms with Crippen LogP contribution in [0, 0.1) is 6.92 Å². The molecule has 0 saturated carbocycles. The van der Waals surface area contributed by atoms with Gasteiger partial charge in [-0.2, -0.15) is 5.10 Å². The second kappa shape index (κ2) is 4.70. The molecule has 0 saturated heterocycles. The molecule has 0 radical (unpaired) electrons. The lowest BCUT2D eigenvalue weighted by Crippen LogP contribution is -2.02. The zero-order valence-electron chi connectivity index (χ0n) is 9.92. The minimum absolute atomic E-state index is 0.735. The number of rotatable bonds is 3. The van der Waals surface area contributed by atoms with Gasteiger partial charge in [0.2, 0.25) is 0 Å². The monoisotopic (exact) mass is 256 g/mol. The predicted molar refractivity (Wildman–Crippen MR) is 73.7 cm³/mol. The van der Waals surface area contributed by atoms with E-state index >= 15 is 0 Å². The number of nitrogens with zero attached hydrogens (tertiary/aromatic N) is 3. The van der Waals surface area contributed by atoms with Crippen LogP contribution in [0.25, 0.3) is 10.8 Å². The summed E-state index contributed by atoms with van der Waals surface area (Å²) in [6, 6.07) is 8.09. The Morgan fingerprint density at radius 3 is 3.00 bits per heavy atom. The Morgan fingerprint density at radius 2 is 2.17 bits per heavy atom. The van der Waals surface area contributed by atoms with Crippen molar-refractivity contribution in [3.63, 3.8) is 0 Å². The summed E-state index contributed by atoms with van der Waals surface area (Å²) in [5, 5.41) is 13.7. The lowest BCUT2D eigenvalue weighted by Gasteiger charge is -2.06. The largest absolute Gasteiger partial charge is 0.363 e. The Kier molecular flexibility index (Phi) is 2.90. The molecule has 5 heteroatoms. The summed E-state index contributed by atoms with van der Waals surface area (Å²) in [5.74, 6) is 0.820. The van der Waals surface area contributed by atoms with Crippen LogP contribution in [0.2, 0.25) is 0 Å². The first kappa shape index (κ1) is 11.1. The van der Waals surface area contributed by atoms with Gasteiger partial charge in [-0.25, -0.2) is 4.98 Å². The van der Waals surface area contributed by atoms with Crippen molar-refractivity contribution in [2.24, 2.45) is 0 Å². The molecular formula is C13H12N4S. The number of fused-ring (bicyclic) bond motifs is 1. The van der Waals surface area contributed by atoms with Gasteiger partial charge in [0.05, 0.1) is 23.9 Å². The molecule has 1 aromatic carbocycles. The lowest BCUT2D eigenvalue weighted by atomic mass is 10.2. The highest BCUT2D eigenvalue weighted by Crippen LogP contribution is 2.21. The van der Waals surface area contributed by atoms with Crippen molar-refractivity contribution in [3.8, 4) is 0 Å². The fourth-order valence-electron chi connectivity index (χ4n) is 1.82. The molecular weight excluding hydrogens is 244 g/mol. The second-order valence-electron chi connectivity index (χ2n) is 3.99. The number of hydrogen-bond acceptors (Lipinski definition) is 5. The van der Waals surface area contributed by atoms with Crippen LogP contribution in [0.4, 0.5) is 5.82 Å². The van der Waals surface area contributed by atoms with Crippen LogP contribution in [0.5, 0.6) is 0 Å². The van der Waals surface area contributed by atoms with Crippen LogP contribution in [-0.2, 0) is 6.54 Å². The van der Waals surface area contributed by atoms with E-state index in [2.05, 4.69) is 20.5 Å². The number of aryl methyl sites for hydroxylation is 1. The zero-order chi connectivity index (χ0) is 12.4. The number of hydrogen-bond donors (Lipinski definition) is 1. The molecule has 1 N–H and O–H groups in total. The van der Waals surface area contributed by atoms with Crippen molar-refractivity contribution in [1.82, 2.24) is 15.2 Å². The van der Waals surface area contributed by atoms with E-state index in [1.165, 1.54) is 4.88 Å². The molecule has 0 fully saturated rings. The van der Waals surface area contributed by atoms with E-state index in [1.807, 2.05) is 36.7 Å². The second-order valence-corrected chi connectivity index (χ2v) is 4.93. The molecule has 0 bridgehead atoms. The molecule has 0 spiro atoms. The van der Waals surface area contributed by atoms with Gasteiger partial charge in [-0.05, 0) is 6.92 Å². The third-order valence-corrected chi connectivity index (χ3v) is 3.77. The van der Waals surface area contributed by atoms with E-state index in [-0.39, 0.29) is 0 Å². The molecule has 0 unspecified atom stereocenters. The Hall–Kier alpha value is -2.01. The summed E-state index contributed by atoms with van der Waals surface area (Å²) < 4.78 is 0. The number of aromatic nitrogens is 3. The average molecular weight is 256 g/mol. The van der Waals surface area contributed by atoms with Crippen LogP contribution in [0.1, 0.15) is 10.6 Å². The van der Waals surface area contributed by atoms with Gasteiger partial charge in [0.25, 0.3) is 0 Å². The molecule has 3 rings (SSSR count). The molecule has 18 heavy (non-hydrogen) atoms. The quantitative estimate of drug-likeness (QED) is 0.782. The molecule has 3 aromatic rings. The molecule has 2 aromatic heterocycles. The maximum absolute atomic E-state index is 4.23. The van der Waals surface area contributed by atoms with E-state index in [0.717, 1.165) is 28.8 Å². The van der Waals surface area contributed by atoms with Crippen LogP contribution in [0.15, 0.2) is 36.0 Å². The highest BCUT2D eigenvalue weighted by molar-refractivity contribution is 7.09. The fourth-order valence-corrected chi connectivity index (χ4v) is 2.54. The van der Waals surface area contributed by atoms with Crippen molar-refractivity contribution >= 4 is 27.9 Å². The van der Waals surface area contributed by atoms with Crippen molar-refractivity contribution in [2.45, 2.75) is 13.5 Å². The van der Waals surface area contributed by atoms with E-state index in [1.54, 1.807) is 17.5 Å². The Bertz CT molecular complexity index is 672. The van der Waals surface area contributed by atoms with Crippen molar-refractivity contribution in [3.05, 3.63) is 46.5 Å². The SMILES string of the molecule is Cc1ncsc1CNc1nncc2ccccc12. The summed E-state index contributed by atoms with van der Waals surface area (Å²) in [6.07, 6.45) is 1.78. The van der Waals surface area contributed by atoms with Gasteiger partial charge in [0, 0.05) is 15.6 Å². The first-order valence-corrected chi connectivity index (χ1v) is 6.56. The number of anilines is 1. The molecule has 90 valence electrons. The van der Waals surface area contributed by atoms with Crippen molar-refractivity contribution in [2.75, 3.05) is 5.32 Å². The number of nitrogens with one attached hydrogen (secondary N) is 1. The molecule has 0 aliphatic heterocycles. The van der Waals surface area contributed by atoms with Gasteiger partial charge in [-0.1, -0.05) is 24.3 Å². The average Bonchev–Trinajstić information content (AvgIpc) is 2.82. The lowest BCUT2D eigenvalue weighted by molar-refractivity contribution is 1.02. The van der Waals surface area contributed by atoms with Gasteiger partial charge >= 0.3 is 0 Å². The van der Waals surface area contributed by atoms with E-state index in [0.29, 0.717) is 0 Å². The minimum Gasteiger partial charge on any atom is -0.363 e. The third-order valence-electron chi connectivity index (χ3n) is 2.83. The highest BCUT2D eigenvalue weighted by atomic mass is 32.1. The first-order chi connectivity index (χ1) is 8.84. The van der Waals surface area contributed by atoms with Gasteiger partial charge in [-0.15, -0.1) is 16.4 Å². The summed E-state index contributed by atoms with van der Waals surface area (Å²) in [7, 11) is 0. The first-order valence-electron chi connectivity index (χ1n) is 5.68. The van der Waals surface area contributed by atoms with Crippen LogP contribution in [0.3, 0.4) is 0 Å². The van der Waals surface area contributed by atoms with Gasteiger partial charge in [0.1, 0.15) is 0 Å². The molecule has 2 heterocycles. The van der Waals surface area contributed by atoms with E-state index in [9.17, 15) is 0 Å². The van der Waals surface area contributed by atoms with E-state index < -0.39 is 0 Å². The van der Waals surface area contributed by atoms with E-state index in [4.69, 9.17) is 0 Å². The Morgan fingerprint density at radius 1 is 1.28 bits per heavy atom. The predicted octanol–water partition coefficient (Wildman–Crippen LogP) is 3.01. The summed E-state index contributed by atoms with van der Waals surface area (Å²) in [4.78, 5) is 5.46. The Balaban J connectivity index is 1.89. The standard InChI is InChI=1S/C13H12N4S/c1-9-12(18-8-15-9)7-14-13-11-5-3-2-4-10(11)6-16-17-13/h2-6,8H,7H2,1H3,(H,14,17). The normalized spacial score (nSPS) is 10.7. The molecule has 4 nitrogen and oxygen atoms in total. The van der Waals surface area contributed by atoms with Gasteiger partial charge < -0.3 is 5.32 Å². The minimum atomic E-state index is 0.735. The molecule has 0 aliphatic rings. The third kappa shape index (κ3) is 2.04. The Labute approximate surface area is 109 Å². The maximum atomic E-state index is 4.23. The van der Waals surface area contributed by atoms with Gasteiger partial charge in [0.15, 0.2) is 5.82 Å². The van der Waals surface area contributed by atoms with Crippen LogP contribution >= 0.6 is 11.3 Å². The molecule has 0 aliphatic carbocycles. The molecule has 0 amide bonds. The van der Waals surface area contributed by atoms with Crippen LogP contribution < -0.4 is 5.32 Å². The summed E-state index contributed by atoms with van der Waals surface area (Å²) >= 11 is 1.65. The topological polar surface area (TPSA) is 50.7 Å². The summed E-state index contributed by atoms with van der Waals surface area (Å²) in [6.45, 7) is 2.75. The van der Waals surface area contributed by atoms with Crippen molar-refractivity contribution in [1.29, 1.82) is 0 Å². The van der Waals surface area contributed by atoms with Crippen molar-refractivity contribution < 1.29 is 0 Å². The maximum Gasteiger partial charge on any atom is 0.156 e. The zero-order valence-corrected chi connectivity index (χ0v) is 10.7. The fraction of sp³-hybridized carbons (Fsp3) is 0.154. The highest BCUT2D eigenvalue weighted by Gasteiger charge is 2.05. The van der Waals surface area contributed by atoms with Gasteiger partial charge in [-0.3, -0.25) is 0 Å². The molecule has 0 atom stereocenters. The van der Waals surface area contributed by atoms with Crippen LogP contribution in [-0.4, -0.2) is 15.2 Å². The smallest absolute Gasteiger partial charge is 0.156 e. The number of benzene rings is 1. The number of thiazole rings is 1.